The molecule has 0 spiro atoms. The Morgan fingerprint density at radius 3 is 2.74 bits per heavy atom. The van der Waals surface area contributed by atoms with E-state index in [0.29, 0.717) is 23.1 Å². The molecule has 0 amide bonds. The highest BCUT2D eigenvalue weighted by Crippen LogP contribution is 2.40. The maximum atomic E-state index is 6.17. The van der Waals surface area contributed by atoms with Gasteiger partial charge in [-0.2, -0.15) is 0 Å². The van der Waals surface area contributed by atoms with E-state index in [4.69, 9.17) is 25.7 Å². The molecule has 0 saturated carbocycles. The van der Waals surface area contributed by atoms with Crippen molar-refractivity contribution in [1.29, 1.82) is 0 Å². The third-order valence-electron chi connectivity index (χ3n) is 4.36. The Morgan fingerprint density at radius 2 is 2.00 bits per heavy atom. The molecular weight excluding hydrogens is 314 g/mol. The van der Waals surface area contributed by atoms with Gasteiger partial charge < -0.3 is 9.15 Å². The van der Waals surface area contributed by atoms with Crippen LogP contribution in [-0.2, 0) is 17.8 Å². The number of fused-ring (bicyclic) bond motifs is 5. The Hall–Kier alpha value is -1.72. The molecule has 0 bridgehead atoms. The first kappa shape index (κ1) is 14.8. The van der Waals surface area contributed by atoms with E-state index in [1.54, 1.807) is 0 Å². The van der Waals surface area contributed by atoms with Crippen LogP contribution in [0.15, 0.2) is 10.7 Å². The molecule has 0 unspecified atom stereocenters. The molecule has 1 aliphatic heterocycles. The average molecular weight is 332 g/mol. The van der Waals surface area contributed by atoms with E-state index in [1.807, 2.05) is 0 Å². The standard InChI is InChI=1S/C17H18ClN3O2/c1-8(2)12-10-6-22-17(3,4)5-9(10)11-13-14(23-16(11)21-12)15(18)20-7-19-13/h7-8H,5-6H2,1-4H3. The molecular formula is C17H18ClN3O2. The summed E-state index contributed by atoms with van der Waals surface area (Å²) in [6.45, 7) is 9.01. The summed E-state index contributed by atoms with van der Waals surface area (Å²) in [7, 11) is 0. The Labute approximate surface area is 139 Å². The third kappa shape index (κ3) is 2.22. The van der Waals surface area contributed by atoms with Crippen molar-refractivity contribution >= 4 is 33.8 Å². The van der Waals surface area contributed by atoms with E-state index in [1.165, 1.54) is 11.9 Å². The molecule has 3 aromatic heterocycles. The fourth-order valence-electron chi connectivity index (χ4n) is 3.28. The molecule has 5 nitrogen and oxygen atoms in total. The number of hydrogen-bond acceptors (Lipinski definition) is 5. The SMILES string of the molecule is CC(C)c1nc2oc3c(Cl)ncnc3c2c2c1COC(C)(C)C2. The maximum Gasteiger partial charge on any atom is 0.229 e. The van der Waals surface area contributed by atoms with Gasteiger partial charge in [0, 0.05) is 12.0 Å². The van der Waals surface area contributed by atoms with Gasteiger partial charge in [-0.1, -0.05) is 25.4 Å². The molecule has 0 radical (unpaired) electrons. The number of pyridine rings is 1. The number of halogens is 1. The lowest BCUT2D eigenvalue weighted by molar-refractivity contribution is -0.0402. The van der Waals surface area contributed by atoms with Crippen LogP contribution < -0.4 is 0 Å². The van der Waals surface area contributed by atoms with Crippen LogP contribution in [0.25, 0.3) is 22.2 Å². The van der Waals surface area contributed by atoms with Gasteiger partial charge in [0.2, 0.25) is 5.71 Å². The summed E-state index contributed by atoms with van der Waals surface area (Å²) in [5, 5.41) is 1.26. The van der Waals surface area contributed by atoms with E-state index in [-0.39, 0.29) is 11.5 Å². The lowest BCUT2D eigenvalue weighted by Gasteiger charge is -2.33. The monoisotopic (exact) mass is 331 g/mol. The minimum absolute atomic E-state index is 0.226. The molecule has 0 aliphatic carbocycles. The molecule has 3 aromatic rings. The van der Waals surface area contributed by atoms with E-state index < -0.39 is 0 Å². The first-order chi connectivity index (χ1) is 10.9. The highest BCUT2D eigenvalue weighted by Gasteiger charge is 2.32. The van der Waals surface area contributed by atoms with E-state index >= 15 is 0 Å². The predicted octanol–water partition coefficient (Wildman–Crippen LogP) is 4.40. The van der Waals surface area contributed by atoms with E-state index in [2.05, 4.69) is 37.7 Å². The normalized spacial score (nSPS) is 17.1. The Balaban J connectivity index is 2.15. The lowest BCUT2D eigenvalue weighted by atomic mass is 9.87. The molecule has 1 aliphatic rings. The van der Waals surface area contributed by atoms with E-state index in [9.17, 15) is 0 Å². The van der Waals surface area contributed by atoms with Crippen LogP contribution in [0.1, 0.15) is 50.4 Å². The van der Waals surface area contributed by atoms with Gasteiger partial charge >= 0.3 is 0 Å². The number of nitrogens with zero attached hydrogens (tertiary/aromatic N) is 3. The molecule has 120 valence electrons. The largest absolute Gasteiger partial charge is 0.433 e. The number of ether oxygens (including phenoxy) is 1. The maximum absolute atomic E-state index is 6.17. The molecule has 6 heteroatoms. The minimum atomic E-state index is -0.226. The quantitative estimate of drug-likeness (QED) is 0.618. The third-order valence-corrected chi connectivity index (χ3v) is 4.63. The van der Waals surface area contributed by atoms with Crippen molar-refractivity contribution in [2.24, 2.45) is 0 Å². The summed E-state index contributed by atoms with van der Waals surface area (Å²) in [6, 6.07) is 0. The van der Waals surface area contributed by atoms with Crippen molar-refractivity contribution in [2.75, 3.05) is 0 Å². The average Bonchev–Trinajstić information content (AvgIpc) is 2.85. The Kier molecular flexibility index (Phi) is 3.15. The van der Waals surface area contributed by atoms with Crippen molar-refractivity contribution in [3.8, 4) is 0 Å². The van der Waals surface area contributed by atoms with Crippen LogP contribution in [-0.4, -0.2) is 20.6 Å². The predicted molar refractivity (Wildman–Crippen MR) is 88.8 cm³/mol. The summed E-state index contributed by atoms with van der Waals surface area (Å²) >= 11 is 6.17. The zero-order valence-electron chi connectivity index (χ0n) is 13.6. The van der Waals surface area contributed by atoms with Crippen molar-refractivity contribution in [2.45, 2.75) is 52.2 Å². The topological polar surface area (TPSA) is 61.0 Å². The molecule has 0 saturated heterocycles. The first-order valence-corrected chi connectivity index (χ1v) is 8.13. The summed E-state index contributed by atoms with van der Waals surface area (Å²) in [6.07, 6.45) is 2.25. The van der Waals surface area contributed by atoms with Crippen LogP contribution in [0.3, 0.4) is 0 Å². The first-order valence-electron chi connectivity index (χ1n) is 7.75. The van der Waals surface area contributed by atoms with Gasteiger partial charge in [0.25, 0.3) is 0 Å². The van der Waals surface area contributed by atoms with Gasteiger partial charge in [-0.15, -0.1) is 0 Å². The zero-order valence-corrected chi connectivity index (χ0v) is 14.4. The summed E-state index contributed by atoms with van der Waals surface area (Å²) in [4.78, 5) is 13.1. The van der Waals surface area contributed by atoms with Gasteiger partial charge in [0.1, 0.15) is 11.8 Å². The highest BCUT2D eigenvalue weighted by atomic mass is 35.5. The van der Waals surface area contributed by atoms with Gasteiger partial charge in [0.15, 0.2) is 10.7 Å². The Bertz CT molecular complexity index is 931. The molecule has 0 N–H and O–H groups in total. The summed E-state index contributed by atoms with van der Waals surface area (Å²) in [5.74, 6) is 0.285. The molecule has 4 heterocycles. The molecule has 0 aromatic carbocycles. The second-order valence-corrected chi connectivity index (χ2v) is 7.32. The van der Waals surface area contributed by atoms with Crippen molar-refractivity contribution in [3.05, 3.63) is 28.3 Å². The van der Waals surface area contributed by atoms with Gasteiger partial charge in [-0.3, -0.25) is 0 Å². The smallest absolute Gasteiger partial charge is 0.229 e. The molecule has 23 heavy (non-hydrogen) atoms. The number of aromatic nitrogens is 3. The second-order valence-electron chi connectivity index (χ2n) is 6.96. The van der Waals surface area contributed by atoms with Crippen molar-refractivity contribution in [3.63, 3.8) is 0 Å². The zero-order chi connectivity index (χ0) is 16.4. The number of rotatable bonds is 1. The van der Waals surface area contributed by atoms with Crippen LogP contribution in [0.2, 0.25) is 5.15 Å². The fourth-order valence-corrected chi connectivity index (χ4v) is 3.45. The lowest BCUT2D eigenvalue weighted by Crippen LogP contribution is -2.33. The van der Waals surface area contributed by atoms with Crippen LogP contribution >= 0.6 is 11.6 Å². The molecule has 4 rings (SSSR count). The molecule has 0 fully saturated rings. The highest BCUT2D eigenvalue weighted by molar-refractivity contribution is 6.34. The van der Waals surface area contributed by atoms with Crippen molar-refractivity contribution < 1.29 is 9.15 Å². The van der Waals surface area contributed by atoms with Crippen LogP contribution in [0.5, 0.6) is 0 Å². The van der Waals surface area contributed by atoms with Crippen molar-refractivity contribution in [1.82, 2.24) is 15.0 Å². The van der Waals surface area contributed by atoms with Gasteiger partial charge in [-0.05, 0) is 25.3 Å². The number of furan rings is 1. The van der Waals surface area contributed by atoms with Gasteiger partial charge in [0.05, 0.1) is 23.3 Å². The van der Waals surface area contributed by atoms with E-state index in [0.717, 1.165) is 28.6 Å². The fraction of sp³-hybridized carbons (Fsp3) is 0.471. The summed E-state index contributed by atoms with van der Waals surface area (Å²) in [5.41, 5.74) is 4.98. The van der Waals surface area contributed by atoms with Crippen LogP contribution in [0, 0.1) is 0 Å². The number of hydrogen-bond donors (Lipinski definition) is 0. The minimum Gasteiger partial charge on any atom is -0.433 e. The second kappa shape index (κ2) is 4.89. The van der Waals surface area contributed by atoms with Crippen LogP contribution in [0.4, 0.5) is 0 Å². The molecule has 0 atom stereocenters. The summed E-state index contributed by atoms with van der Waals surface area (Å²) < 4.78 is 11.9. The Morgan fingerprint density at radius 1 is 1.22 bits per heavy atom. The van der Waals surface area contributed by atoms with Gasteiger partial charge in [-0.25, -0.2) is 15.0 Å².